The quantitative estimate of drug-likeness (QED) is 0.0697. The van der Waals surface area contributed by atoms with E-state index < -0.39 is 17.8 Å². The molecule has 0 aliphatic heterocycles. The molecule has 0 bridgehead atoms. The first-order valence-corrected chi connectivity index (χ1v) is 16.4. The fraction of sp³-hybridized carbons (Fsp3) is 0.282. The number of primary amides is 1. The summed E-state index contributed by atoms with van der Waals surface area (Å²) in [6.07, 6.45) is 5.96. The molecule has 4 aromatic carbocycles. The van der Waals surface area contributed by atoms with Crippen LogP contribution in [-0.2, 0) is 22.6 Å². The lowest BCUT2D eigenvalue weighted by molar-refractivity contribution is -0.119. The number of amides is 3. The van der Waals surface area contributed by atoms with Crippen molar-refractivity contribution in [1.29, 1.82) is 0 Å². The molecule has 0 saturated carbocycles. The van der Waals surface area contributed by atoms with Gasteiger partial charge in [-0.05, 0) is 90.3 Å². The van der Waals surface area contributed by atoms with Crippen LogP contribution in [-0.4, -0.2) is 48.9 Å². The van der Waals surface area contributed by atoms with E-state index in [1.807, 2.05) is 12.1 Å². The summed E-state index contributed by atoms with van der Waals surface area (Å²) in [5, 5.41) is 2.82. The Bertz CT molecular complexity index is 1670. The second-order valence-electron chi connectivity index (χ2n) is 11.6. The van der Waals surface area contributed by atoms with Gasteiger partial charge in [0.15, 0.2) is 0 Å². The van der Waals surface area contributed by atoms with Crippen molar-refractivity contribution in [2.24, 2.45) is 5.73 Å². The van der Waals surface area contributed by atoms with Crippen molar-refractivity contribution in [3.63, 3.8) is 0 Å². The molecule has 4 aromatic rings. The molecule has 49 heavy (non-hydrogen) atoms. The van der Waals surface area contributed by atoms with Crippen LogP contribution in [0, 0.1) is 0 Å². The van der Waals surface area contributed by atoms with E-state index in [2.05, 4.69) is 12.2 Å². The van der Waals surface area contributed by atoms with Crippen LogP contribution in [0.3, 0.4) is 0 Å². The molecule has 0 radical (unpaired) electrons. The van der Waals surface area contributed by atoms with Crippen molar-refractivity contribution < 1.29 is 33.4 Å². The number of nitrogens with two attached hydrogens (primary N) is 1. The molecule has 0 atom stereocenters. The average Bonchev–Trinajstić information content (AvgIpc) is 3.10. The number of ether oxygens (including phenoxy) is 3. The molecular formula is C39H43N3O7. The summed E-state index contributed by atoms with van der Waals surface area (Å²) >= 11 is 0. The van der Waals surface area contributed by atoms with E-state index in [4.69, 9.17) is 19.9 Å². The van der Waals surface area contributed by atoms with E-state index in [1.165, 1.54) is 24.2 Å². The van der Waals surface area contributed by atoms with Crippen LogP contribution < -0.4 is 25.3 Å². The molecule has 0 aliphatic carbocycles. The second kappa shape index (κ2) is 18.6. The fourth-order valence-corrected chi connectivity index (χ4v) is 5.03. The molecule has 10 heteroatoms. The Labute approximate surface area is 287 Å². The minimum Gasteiger partial charge on any atom is -0.497 e. The molecule has 3 amide bonds. The summed E-state index contributed by atoms with van der Waals surface area (Å²) < 4.78 is 16.4. The molecular weight excluding hydrogens is 622 g/mol. The number of unbranched alkanes of at least 4 members (excludes halogenated alkanes) is 4. The SMILES string of the molecule is CCCCCCCOc1ccc(C(=O)Oc2ccc(CN(CC(N)=O)C(=O)c3ccc(NC(=O)Cc4ccc(OC)cc4)cc3)cc2)cc1. The lowest BCUT2D eigenvalue weighted by atomic mass is 10.1. The van der Waals surface area contributed by atoms with Crippen LogP contribution in [0.25, 0.3) is 0 Å². The number of benzene rings is 4. The predicted molar refractivity (Wildman–Crippen MR) is 188 cm³/mol. The van der Waals surface area contributed by atoms with Crippen molar-refractivity contribution in [1.82, 2.24) is 4.90 Å². The van der Waals surface area contributed by atoms with Gasteiger partial charge in [-0.15, -0.1) is 0 Å². The minimum absolute atomic E-state index is 0.0937. The van der Waals surface area contributed by atoms with E-state index in [1.54, 1.807) is 92.0 Å². The number of nitrogens with one attached hydrogen (secondary N) is 1. The maximum atomic E-state index is 13.4. The third kappa shape index (κ3) is 11.8. The molecule has 0 heterocycles. The predicted octanol–water partition coefficient (Wildman–Crippen LogP) is 6.57. The lowest BCUT2D eigenvalue weighted by Gasteiger charge is -2.22. The van der Waals surface area contributed by atoms with E-state index in [0.717, 1.165) is 18.4 Å². The molecule has 256 valence electrons. The summed E-state index contributed by atoms with van der Waals surface area (Å²) in [6, 6.07) is 27.1. The zero-order valence-corrected chi connectivity index (χ0v) is 28.0. The van der Waals surface area contributed by atoms with E-state index in [-0.39, 0.29) is 25.4 Å². The normalized spacial score (nSPS) is 10.6. The monoisotopic (exact) mass is 665 g/mol. The van der Waals surface area contributed by atoms with Gasteiger partial charge in [0.1, 0.15) is 17.2 Å². The highest BCUT2D eigenvalue weighted by molar-refractivity contribution is 5.97. The largest absolute Gasteiger partial charge is 0.497 e. The van der Waals surface area contributed by atoms with Gasteiger partial charge in [-0.1, -0.05) is 56.9 Å². The van der Waals surface area contributed by atoms with Crippen molar-refractivity contribution in [3.05, 3.63) is 119 Å². The molecule has 0 spiro atoms. The lowest BCUT2D eigenvalue weighted by Crippen LogP contribution is -2.38. The summed E-state index contributed by atoms with van der Waals surface area (Å²) in [5.41, 5.74) is 8.23. The number of hydrogen-bond donors (Lipinski definition) is 2. The molecule has 0 aromatic heterocycles. The zero-order chi connectivity index (χ0) is 35.0. The highest BCUT2D eigenvalue weighted by Crippen LogP contribution is 2.20. The van der Waals surface area contributed by atoms with Crippen molar-refractivity contribution in [3.8, 4) is 17.2 Å². The van der Waals surface area contributed by atoms with Gasteiger partial charge >= 0.3 is 5.97 Å². The molecule has 0 saturated heterocycles. The highest BCUT2D eigenvalue weighted by Gasteiger charge is 2.19. The Morgan fingerprint density at radius 3 is 1.92 bits per heavy atom. The molecule has 4 rings (SSSR count). The van der Waals surface area contributed by atoms with Crippen LogP contribution in [0.5, 0.6) is 17.2 Å². The van der Waals surface area contributed by atoms with Crippen LogP contribution in [0.15, 0.2) is 97.1 Å². The number of rotatable bonds is 18. The fourth-order valence-electron chi connectivity index (χ4n) is 5.03. The first kappa shape index (κ1) is 36.2. The Balaban J connectivity index is 1.29. The maximum Gasteiger partial charge on any atom is 0.343 e. The van der Waals surface area contributed by atoms with Gasteiger partial charge in [0.2, 0.25) is 11.8 Å². The molecule has 10 nitrogen and oxygen atoms in total. The molecule has 0 fully saturated rings. The number of carbonyl (C=O) groups is 4. The van der Waals surface area contributed by atoms with E-state index >= 15 is 0 Å². The number of esters is 1. The molecule has 0 unspecified atom stereocenters. The number of carbonyl (C=O) groups excluding carboxylic acids is 4. The Hall–Kier alpha value is -5.64. The minimum atomic E-state index is -0.662. The van der Waals surface area contributed by atoms with Gasteiger partial charge in [0.25, 0.3) is 5.91 Å². The number of methoxy groups -OCH3 is 1. The summed E-state index contributed by atoms with van der Waals surface area (Å²) in [7, 11) is 1.58. The molecule has 0 aliphatic rings. The van der Waals surface area contributed by atoms with Crippen LogP contribution >= 0.6 is 0 Å². The second-order valence-corrected chi connectivity index (χ2v) is 11.6. The highest BCUT2D eigenvalue weighted by atomic mass is 16.5. The number of hydrogen-bond acceptors (Lipinski definition) is 7. The van der Waals surface area contributed by atoms with E-state index in [9.17, 15) is 19.2 Å². The van der Waals surface area contributed by atoms with Gasteiger partial charge < -0.3 is 30.2 Å². The molecule has 3 N–H and O–H groups in total. The van der Waals surface area contributed by atoms with Crippen molar-refractivity contribution in [2.45, 2.75) is 52.0 Å². The summed E-state index contributed by atoms with van der Waals surface area (Å²) in [5.74, 6) is -0.0445. The topological polar surface area (TPSA) is 137 Å². The maximum absolute atomic E-state index is 13.4. The first-order chi connectivity index (χ1) is 23.7. The van der Waals surface area contributed by atoms with Gasteiger partial charge in [-0.3, -0.25) is 14.4 Å². The third-order valence-electron chi connectivity index (χ3n) is 7.69. The summed E-state index contributed by atoms with van der Waals surface area (Å²) in [4.78, 5) is 51.8. The Morgan fingerprint density at radius 1 is 0.694 bits per heavy atom. The standard InChI is InChI=1S/C39H43N3O7/c1-3-4-5-6-7-24-48-34-22-14-31(15-23-34)39(46)49-35-20-10-29(11-21-35)26-42(27-36(40)43)38(45)30-12-16-32(17-13-30)41-37(44)25-28-8-18-33(47-2)19-9-28/h8-23H,3-7,24-27H2,1-2H3,(H2,40,43)(H,41,44). The number of anilines is 1. The number of nitrogens with zero attached hydrogens (tertiary/aromatic N) is 1. The van der Waals surface area contributed by atoms with Gasteiger partial charge in [-0.2, -0.15) is 0 Å². The van der Waals surface area contributed by atoms with Crippen LogP contribution in [0.4, 0.5) is 5.69 Å². The van der Waals surface area contributed by atoms with Crippen molar-refractivity contribution in [2.75, 3.05) is 25.6 Å². The van der Waals surface area contributed by atoms with Gasteiger partial charge in [0, 0.05) is 17.8 Å². The first-order valence-electron chi connectivity index (χ1n) is 16.4. The van der Waals surface area contributed by atoms with Gasteiger partial charge in [-0.25, -0.2) is 4.79 Å². The van der Waals surface area contributed by atoms with Gasteiger partial charge in [0.05, 0.1) is 32.2 Å². The third-order valence-corrected chi connectivity index (χ3v) is 7.69. The van der Waals surface area contributed by atoms with Crippen molar-refractivity contribution >= 4 is 29.4 Å². The smallest absolute Gasteiger partial charge is 0.343 e. The zero-order valence-electron chi connectivity index (χ0n) is 28.0. The Morgan fingerprint density at radius 2 is 1.29 bits per heavy atom. The summed E-state index contributed by atoms with van der Waals surface area (Å²) in [6.45, 7) is 2.62. The van der Waals surface area contributed by atoms with E-state index in [0.29, 0.717) is 46.2 Å². The van der Waals surface area contributed by atoms with Crippen LogP contribution in [0.2, 0.25) is 0 Å². The Kier molecular flexibility index (Phi) is 13.8. The van der Waals surface area contributed by atoms with Crippen LogP contribution in [0.1, 0.15) is 70.9 Å². The average molecular weight is 666 g/mol.